The van der Waals surface area contributed by atoms with Gasteiger partial charge < -0.3 is 9.64 Å². The van der Waals surface area contributed by atoms with Crippen LogP contribution in [0, 0.1) is 0 Å². The first-order valence-corrected chi connectivity index (χ1v) is 9.63. The van der Waals surface area contributed by atoms with E-state index in [9.17, 15) is 27.6 Å². The fourth-order valence-electron chi connectivity index (χ4n) is 3.54. The number of ether oxygens (including phenoxy) is 1. The van der Waals surface area contributed by atoms with E-state index in [0.717, 1.165) is 17.0 Å². The van der Waals surface area contributed by atoms with Crippen LogP contribution in [0.3, 0.4) is 0 Å². The molecule has 0 N–H and O–H groups in total. The van der Waals surface area contributed by atoms with Crippen molar-refractivity contribution in [3.8, 4) is 0 Å². The first-order valence-electron chi connectivity index (χ1n) is 9.63. The Morgan fingerprint density at radius 1 is 1.07 bits per heavy atom. The summed E-state index contributed by atoms with van der Waals surface area (Å²) in [6.07, 6.45) is -5.12. The molecule has 0 saturated carbocycles. The summed E-state index contributed by atoms with van der Waals surface area (Å²) < 4.78 is 44.3. The molecule has 2 saturated heterocycles. The van der Waals surface area contributed by atoms with Crippen LogP contribution in [0.5, 0.6) is 0 Å². The van der Waals surface area contributed by atoms with Crippen LogP contribution in [0.1, 0.15) is 32.8 Å². The van der Waals surface area contributed by atoms with E-state index in [2.05, 4.69) is 0 Å². The number of nitrogens with zero attached hydrogens (tertiary/aromatic N) is 3. The Hall–Kier alpha value is -2.62. The Labute approximate surface area is 172 Å². The fraction of sp³-hybridized carbons (Fsp3) is 0.550. The fourth-order valence-corrected chi connectivity index (χ4v) is 3.54. The monoisotopic (exact) mass is 427 g/mol. The van der Waals surface area contributed by atoms with Crippen molar-refractivity contribution in [2.24, 2.45) is 0 Å². The van der Waals surface area contributed by atoms with Crippen molar-refractivity contribution in [2.75, 3.05) is 31.1 Å². The first kappa shape index (κ1) is 22.1. The van der Waals surface area contributed by atoms with Gasteiger partial charge in [-0.3, -0.25) is 14.5 Å². The van der Waals surface area contributed by atoms with Gasteiger partial charge in [0.25, 0.3) is 5.91 Å². The second-order valence-electron chi connectivity index (χ2n) is 8.34. The molecule has 1 atom stereocenters. The number of hydrogen-bond donors (Lipinski definition) is 0. The van der Waals surface area contributed by atoms with Gasteiger partial charge in [-0.25, -0.2) is 9.69 Å². The summed E-state index contributed by atoms with van der Waals surface area (Å²) in [6.45, 7) is 6.69. The summed E-state index contributed by atoms with van der Waals surface area (Å²) in [7, 11) is 0. The molecule has 2 fully saturated rings. The first-order chi connectivity index (χ1) is 13.9. The second kappa shape index (κ2) is 7.90. The van der Waals surface area contributed by atoms with E-state index in [4.69, 9.17) is 4.74 Å². The predicted molar refractivity (Wildman–Crippen MR) is 102 cm³/mol. The molecule has 2 aliphatic heterocycles. The minimum absolute atomic E-state index is 0.0882. The minimum Gasteiger partial charge on any atom is -0.444 e. The molecule has 1 aromatic carbocycles. The van der Waals surface area contributed by atoms with E-state index >= 15 is 0 Å². The number of imide groups is 1. The summed E-state index contributed by atoms with van der Waals surface area (Å²) in [6, 6.07) is 3.42. The predicted octanol–water partition coefficient (Wildman–Crippen LogP) is 2.89. The lowest BCUT2D eigenvalue weighted by Crippen LogP contribution is -2.54. The number of benzene rings is 1. The SMILES string of the molecule is CC(C)(C)OC(=O)N1CCN([C@H]2CC(=O)N(c3cccc(C(F)(F)F)c3)C2=O)CC1. The van der Waals surface area contributed by atoms with E-state index < -0.39 is 41.3 Å². The topological polar surface area (TPSA) is 70.2 Å². The van der Waals surface area contributed by atoms with Crippen LogP contribution in [-0.4, -0.2) is 65.5 Å². The van der Waals surface area contributed by atoms with Gasteiger partial charge in [0.05, 0.1) is 23.7 Å². The van der Waals surface area contributed by atoms with Crippen molar-refractivity contribution in [2.45, 2.75) is 45.0 Å². The zero-order chi connectivity index (χ0) is 22.3. The summed E-state index contributed by atoms with van der Waals surface area (Å²) >= 11 is 0. The van der Waals surface area contributed by atoms with Gasteiger partial charge in [-0.2, -0.15) is 13.2 Å². The lowest BCUT2D eigenvalue weighted by atomic mass is 10.1. The van der Waals surface area contributed by atoms with Crippen molar-refractivity contribution < 1.29 is 32.3 Å². The molecule has 3 amide bonds. The number of carbonyl (C=O) groups excluding carboxylic acids is 3. The molecule has 2 aliphatic rings. The van der Waals surface area contributed by atoms with E-state index in [1.807, 2.05) is 0 Å². The molecule has 30 heavy (non-hydrogen) atoms. The van der Waals surface area contributed by atoms with E-state index in [1.165, 1.54) is 17.0 Å². The van der Waals surface area contributed by atoms with Crippen LogP contribution in [0.4, 0.5) is 23.7 Å². The second-order valence-corrected chi connectivity index (χ2v) is 8.34. The molecular formula is C20H24F3N3O4. The highest BCUT2D eigenvalue weighted by atomic mass is 19.4. The number of carbonyl (C=O) groups is 3. The maximum absolute atomic E-state index is 13.0. The lowest BCUT2D eigenvalue weighted by Gasteiger charge is -2.37. The zero-order valence-electron chi connectivity index (χ0n) is 17.0. The molecule has 0 bridgehead atoms. The molecule has 1 aromatic rings. The number of anilines is 1. The van der Waals surface area contributed by atoms with Crippen molar-refractivity contribution in [3.05, 3.63) is 29.8 Å². The summed E-state index contributed by atoms with van der Waals surface area (Å²) in [4.78, 5) is 41.6. The number of halogens is 3. The minimum atomic E-state index is -4.57. The standard InChI is InChI=1S/C20H24F3N3O4/c1-19(2,3)30-18(29)25-9-7-24(8-10-25)15-12-16(27)26(17(15)28)14-6-4-5-13(11-14)20(21,22)23/h4-6,11,15H,7-10,12H2,1-3H3/t15-/m0/s1. The number of piperazine rings is 1. The molecule has 3 rings (SSSR count). The van der Waals surface area contributed by atoms with Crippen LogP contribution < -0.4 is 4.90 Å². The highest BCUT2D eigenvalue weighted by Crippen LogP contribution is 2.33. The van der Waals surface area contributed by atoms with E-state index in [1.54, 1.807) is 25.7 Å². The molecule has 164 valence electrons. The molecule has 0 radical (unpaired) electrons. The average Bonchev–Trinajstić information content (AvgIpc) is 2.94. The normalized spacial score (nSPS) is 21.3. The van der Waals surface area contributed by atoms with Gasteiger partial charge in [0.15, 0.2) is 0 Å². The summed E-state index contributed by atoms with van der Waals surface area (Å²) in [5.41, 5.74) is -1.63. The summed E-state index contributed by atoms with van der Waals surface area (Å²) in [5, 5.41) is 0. The van der Waals surface area contributed by atoms with Crippen molar-refractivity contribution in [1.82, 2.24) is 9.80 Å². The third kappa shape index (κ3) is 4.75. The van der Waals surface area contributed by atoms with Crippen LogP contribution >= 0.6 is 0 Å². The lowest BCUT2D eigenvalue weighted by molar-refractivity contribution is -0.137. The molecule has 0 aliphatic carbocycles. The average molecular weight is 427 g/mol. The number of hydrogen-bond acceptors (Lipinski definition) is 5. The maximum Gasteiger partial charge on any atom is 0.416 e. The van der Waals surface area contributed by atoms with Crippen LogP contribution in [0.25, 0.3) is 0 Å². The van der Waals surface area contributed by atoms with Gasteiger partial charge in [-0.1, -0.05) is 6.07 Å². The molecule has 0 unspecified atom stereocenters. The van der Waals surface area contributed by atoms with Gasteiger partial charge in [0.2, 0.25) is 5.91 Å². The van der Waals surface area contributed by atoms with E-state index in [0.29, 0.717) is 26.2 Å². The third-order valence-corrected chi connectivity index (χ3v) is 4.96. The van der Waals surface area contributed by atoms with Gasteiger partial charge in [0.1, 0.15) is 5.60 Å². The quantitative estimate of drug-likeness (QED) is 0.679. The molecule has 10 heteroatoms. The Balaban J connectivity index is 1.67. The highest BCUT2D eigenvalue weighted by molar-refractivity contribution is 6.22. The maximum atomic E-state index is 13.0. The van der Waals surface area contributed by atoms with Crippen molar-refractivity contribution in [3.63, 3.8) is 0 Å². The Bertz CT molecular complexity index is 842. The van der Waals surface area contributed by atoms with E-state index in [-0.39, 0.29) is 12.1 Å². The molecule has 0 spiro atoms. The molecule has 2 heterocycles. The molecular weight excluding hydrogens is 403 g/mol. The van der Waals surface area contributed by atoms with Crippen LogP contribution in [-0.2, 0) is 20.5 Å². The summed E-state index contributed by atoms with van der Waals surface area (Å²) in [5.74, 6) is -1.09. The zero-order valence-corrected chi connectivity index (χ0v) is 17.0. The highest BCUT2D eigenvalue weighted by Gasteiger charge is 2.44. The Morgan fingerprint density at radius 2 is 1.70 bits per heavy atom. The number of rotatable bonds is 2. The molecule has 0 aromatic heterocycles. The molecule has 7 nitrogen and oxygen atoms in total. The number of amides is 3. The smallest absolute Gasteiger partial charge is 0.416 e. The number of alkyl halides is 3. The van der Waals surface area contributed by atoms with Crippen molar-refractivity contribution >= 4 is 23.6 Å². The largest absolute Gasteiger partial charge is 0.444 e. The van der Waals surface area contributed by atoms with Gasteiger partial charge in [-0.05, 0) is 39.0 Å². The Kier molecular flexibility index (Phi) is 5.81. The van der Waals surface area contributed by atoms with Gasteiger partial charge in [0, 0.05) is 26.2 Å². The third-order valence-electron chi connectivity index (χ3n) is 4.96. The van der Waals surface area contributed by atoms with Crippen LogP contribution in [0.2, 0.25) is 0 Å². The Morgan fingerprint density at radius 3 is 2.27 bits per heavy atom. The van der Waals surface area contributed by atoms with Crippen LogP contribution in [0.15, 0.2) is 24.3 Å². The van der Waals surface area contributed by atoms with Gasteiger partial charge >= 0.3 is 12.3 Å². The van der Waals surface area contributed by atoms with Gasteiger partial charge in [-0.15, -0.1) is 0 Å². The van der Waals surface area contributed by atoms with Crippen molar-refractivity contribution in [1.29, 1.82) is 0 Å².